The van der Waals surface area contributed by atoms with Crippen LogP contribution in [0.5, 0.6) is 5.88 Å². The summed E-state index contributed by atoms with van der Waals surface area (Å²) in [5, 5.41) is 0. The van der Waals surface area contributed by atoms with Gasteiger partial charge in [0.05, 0.1) is 19.0 Å². The summed E-state index contributed by atoms with van der Waals surface area (Å²) in [5.74, 6) is 2.94. The summed E-state index contributed by atoms with van der Waals surface area (Å²) >= 11 is 5.83. The Labute approximate surface area is 113 Å². The zero-order chi connectivity index (χ0) is 12.8. The minimum atomic E-state index is 0.606. The van der Waals surface area contributed by atoms with Gasteiger partial charge in [-0.25, -0.2) is 0 Å². The SMILES string of the molecule is CCOc1cncc(N2CCCC(CCCl)C2)n1. The van der Waals surface area contributed by atoms with E-state index >= 15 is 0 Å². The molecule has 100 valence electrons. The lowest BCUT2D eigenvalue weighted by atomic mass is 9.96. The van der Waals surface area contributed by atoms with Gasteiger partial charge in [-0.1, -0.05) is 0 Å². The van der Waals surface area contributed by atoms with E-state index in [0.29, 0.717) is 18.4 Å². The van der Waals surface area contributed by atoms with E-state index < -0.39 is 0 Å². The number of aromatic nitrogens is 2. The zero-order valence-corrected chi connectivity index (χ0v) is 11.6. The highest BCUT2D eigenvalue weighted by Crippen LogP contribution is 2.24. The van der Waals surface area contributed by atoms with Crippen LogP contribution in [0.3, 0.4) is 0 Å². The van der Waals surface area contributed by atoms with Crippen molar-refractivity contribution < 1.29 is 4.74 Å². The monoisotopic (exact) mass is 269 g/mol. The van der Waals surface area contributed by atoms with Crippen LogP contribution in [0.15, 0.2) is 12.4 Å². The average Bonchev–Trinajstić information content (AvgIpc) is 2.40. The van der Waals surface area contributed by atoms with Crippen molar-refractivity contribution in [3.63, 3.8) is 0 Å². The predicted molar refractivity (Wildman–Crippen MR) is 73.5 cm³/mol. The maximum absolute atomic E-state index is 5.83. The molecule has 5 heteroatoms. The highest BCUT2D eigenvalue weighted by Gasteiger charge is 2.20. The molecule has 1 aliphatic rings. The fourth-order valence-electron chi connectivity index (χ4n) is 2.37. The lowest BCUT2D eigenvalue weighted by molar-refractivity contribution is 0.324. The second-order valence-corrected chi connectivity index (χ2v) is 4.96. The van der Waals surface area contributed by atoms with Crippen molar-refractivity contribution in [2.75, 3.05) is 30.5 Å². The van der Waals surface area contributed by atoms with Crippen LogP contribution in [0.25, 0.3) is 0 Å². The summed E-state index contributed by atoms with van der Waals surface area (Å²) in [5.41, 5.74) is 0. The summed E-state index contributed by atoms with van der Waals surface area (Å²) in [6, 6.07) is 0. The Hall–Kier alpha value is -1.03. The number of rotatable bonds is 5. The fraction of sp³-hybridized carbons (Fsp3) is 0.692. The van der Waals surface area contributed by atoms with Gasteiger partial charge in [0, 0.05) is 19.0 Å². The van der Waals surface area contributed by atoms with E-state index in [1.54, 1.807) is 6.20 Å². The molecule has 0 spiro atoms. The van der Waals surface area contributed by atoms with Crippen LogP contribution >= 0.6 is 11.6 Å². The summed E-state index contributed by atoms with van der Waals surface area (Å²) in [6.45, 7) is 4.64. The highest BCUT2D eigenvalue weighted by molar-refractivity contribution is 6.17. The van der Waals surface area contributed by atoms with Crippen LogP contribution in [0, 0.1) is 5.92 Å². The van der Waals surface area contributed by atoms with Crippen LogP contribution in [0.2, 0.25) is 0 Å². The van der Waals surface area contributed by atoms with Crippen molar-refractivity contribution in [2.24, 2.45) is 5.92 Å². The van der Waals surface area contributed by atoms with Crippen LogP contribution in [-0.2, 0) is 0 Å². The van der Waals surface area contributed by atoms with Crippen molar-refractivity contribution >= 4 is 17.4 Å². The zero-order valence-electron chi connectivity index (χ0n) is 10.8. The summed E-state index contributed by atoms with van der Waals surface area (Å²) in [6.07, 6.45) is 7.01. The molecule has 1 aromatic heterocycles. The van der Waals surface area contributed by atoms with Gasteiger partial charge in [0.1, 0.15) is 0 Å². The van der Waals surface area contributed by atoms with E-state index in [2.05, 4.69) is 14.9 Å². The molecular formula is C13H20ClN3O. The molecule has 0 saturated carbocycles. The van der Waals surface area contributed by atoms with Gasteiger partial charge in [0.2, 0.25) is 5.88 Å². The lowest BCUT2D eigenvalue weighted by Gasteiger charge is -2.33. The molecule has 2 heterocycles. The third kappa shape index (κ3) is 3.48. The maximum Gasteiger partial charge on any atom is 0.234 e. The Morgan fingerprint density at radius 2 is 2.39 bits per heavy atom. The van der Waals surface area contributed by atoms with E-state index in [1.165, 1.54) is 12.8 Å². The summed E-state index contributed by atoms with van der Waals surface area (Å²) in [7, 11) is 0. The fourth-order valence-corrected chi connectivity index (χ4v) is 2.68. The van der Waals surface area contributed by atoms with Gasteiger partial charge >= 0.3 is 0 Å². The van der Waals surface area contributed by atoms with Gasteiger partial charge in [0.15, 0.2) is 5.82 Å². The molecule has 0 aromatic carbocycles. The first kappa shape index (κ1) is 13.4. The smallest absolute Gasteiger partial charge is 0.234 e. The number of anilines is 1. The Balaban J connectivity index is 2.03. The largest absolute Gasteiger partial charge is 0.477 e. The Bertz CT molecular complexity index is 373. The number of ether oxygens (including phenoxy) is 1. The average molecular weight is 270 g/mol. The summed E-state index contributed by atoms with van der Waals surface area (Å²) in [4.78, 5) is 11.0. The van der Waals surface area contributed by atoms with E-state index in [1.807, 2.05) is 13.1 Å². The minimum Gasteiger partial charge on any atom is -0.477 e. The Morgan fingerprint density at radius 3 is 3.17 bits per heavy atom. The molecule has 1 aromatic rings. The van der Waals surface area contributed by atoms with Crippen molar-refractivity contribution in [3.05, 3.63) is 12.4 Å². The van der Waals surface area contributed by atoms with Crippen molar-refractivity contribution in [1.82, 2.24) is 9.97 Å². The molecule has 0 bridgehead atoms. The van der Waals surface area contributed by atoms with E-state index in [9.17, 15) is 0 Å². The third-order valence-corrected chi connectivity index (χ3v) is 3.47. The highest BCUT2D eigenvalue weighted by atomic mass is 35.5. The van der Waals surface area contributed by atoms with Gasteiger partial charge in [0.25, 0.3) is 0 Å². The molecule has 1 aliphatic heterocycles. The molecular weight excluding hydrogens is 250 g/mol. The molecule has 1 unspecified atom stereocenters. The predicted octanol–water partition coefficient (Wildman–Crippen LogP) is 2.72. The number of alkyl halides is 1. The second kappa shape index (κ2) is 6.78. The lowest BCUT2D eigenvalue weighted by Crippen LogP contribution is -2.36. The van der Waals surface area contributed by atoms with Gasteiger partial charge in [-0.05, 0) is 32.1 Å². The van der Waals surface area contributed by atoms with Gasteiger partial charge in [-0.15, -0.1) is 11.6 Å². The standard InChI is InChI=1S/C13H20ClN3O/c1-2-18-13-9-15-8-12(16-13)17-7-3-4-11(10-17)5-6-14/h8-9,11H,2-7,10H2,1H3. The van der Waals surface area contributed by atoms with Crippen LogP contribution in [-0.4, -0.2) is 35.5 Å². The van der Waals surface area contributed by atoms with Crippen molar-refractivity contribution in [1.29, 1.82) is 0 Å². The second-order valence-electron chi connectivity index (χ2n) is 4.58. The number of hydrogen-bond acceptors (Lipinski definition) is 4. The van der Waals surface area contributed by atoms with E-state index in [4.69, 9.17) is 16.3 Å². The van der Waals surface area contributed by atoms with Gasteiger partial charge < -0.3 is 9.64 Å². The Morgan fingerprint density at radius 1 is 1.50 bits per heavy atom. The van der Waals surface area contributed by atoms with Crippen molar-refractivity contribution in [3.8, 4) is 5.88 Å². The Kier molecular flexibility index (Phi) is 5.05. The third-order valence-electron chi connectivity index (χ3n) is 3.25. The molecule has 0 amide bonds. The van der Waals surface area contributed by atoms with E-state index in [-0.39, 0.29) is 0 Å². The van der Waals surface area contributed by atoms with Crippen LogP contribution < -0.4 is 9.64 Å². The van der Waals surface area contributed by atoms with Crippen molar-refractivity contribution in [2.45, 2.75) is 26.2 Å². The van der Waals surface area contributed by atoms with Crippen LogP contribution in [0.1, 0.15) is 26.2 Å². The molecule has 0 N–H and O–H groups in total. The molecule has 0 radical (unpaired) electrons. The van der Waals surface area contributed by atoms with Crippen LogP contribution in [0.4, 0.5) is 5.82 Å². The van der Waals surface area contributed by atoms with Gasteiger partial charge in [-0.2, -0.15) is 4.98 Å². The number of nitrogens with zero attached hydrogens (tertiary/aromatic N) is 3. The number of halogens is 1. The first-order valence-corrected chi connectivity index (χ1v) is 7.12. The molecule has 2 rings (SSSR count). The molecule has 18 heavy (non-hydrogen) atoms. The minimum absolute atomic E-state index is 0.606. The molecule has 1 atom stereocenters. The molecule has 0 aliphatic carbocycles. The topological polar surface area (TPSA) is 38.2 Å². The first-order chi connectivity index (χ1) is 8.83. The normalized spacial score (nSPS) is 19.9. The van der Waals surface area contributed by atoms with E-state index in [0.717, 1.165) is 31.2 Å². The number of hydrogen-bond donors (Lipinski definition) is 0. The van der Waals surface area contributed by atoms with Gasteiger partial charge in [-0.3, -0.25) is 4.98 Å². The summed E-state index contributed by atoms with van der Waals surface area (Å²) < 4.78 is 5.39. The quantitative estimate of drug-likeness (QED) is 0.771. The number of piperidine rings is 1. The maximum atomic E-state index is 5.83. The molecule has 1 fully saturated rings. The first-order valence-electron chi connectivity index (χ1n) is 6.59. The molecule has 1 saturated heterocycles. The molecule has 4 nitrogen and oxygen atoms in total.